The minimum absolute atomic E-state index is 0.124. The van der Waals surface area contributed by atoms with Crippen LogP contribution in [-0.2, 0) is 25.7 Å². The van der Waals surface area contributed by atoms with Crippen molar-refractivity contribution >= 4 is 29.9 Å². The number of benzene rings is 1. The van der Waals surface area contributed by atoms with Crippen molar-refractivity contribution in [3.8, 4) is 5.75 Å². The molecule has 1 aromatic carbocycles. The summed E-state index contributed by atoms with van der Waals surface area (Å²) in [6.45, 7) is 1.25. The number of ether oxygens (including phenoxy) is 3. The summed E-state index contributed by atoms with van der Waals surface area (Å²) >= 11 is -4.04. The number of rotatable bonds is 9. The molecular weight excluding hydrogens is 419 g/mol. The van der Waals surface area contributed by atoms with E-state index in [1.807, 2.05) is 0 Å². The number of methoxy groups -OCH3 is 1. The summed E-state index contributed by atoms with van der Waals surface area (Å²) in [5.41, 5.74) is 0. The molecule has 1 aromatic rings. The van der Waals surface area contributed by atoms with Crippen molar-refractivity contribution in [2.75, 3.05) is 33.5 Å². The highest BCUT2D eigenvalue weighted by Crippen LogP contribution is 2.29. The summed E-state index contributed by atoms with van der Waals surface area (Å²) < 4.78 is 68.2. The molecule has 0 saturated heterocycles. The molecule has 0 unspecified atom stereocenters. The lowest BCUT2D eigenvalue weighted by Crippen LogP contribution is -2.10. The maximum Gasteiger partial charge on any atom is 0.342 e. The Hall–Kier alpha value is -0.820. The van der Waals surface area contributed by atoms with Crippen LogP contribution < -0.4 is 4.74 Å². The molecule has 10 heteroatoms. The van der Waals surface area contributed by atoms with Crippen LogP contribution in [0, 0.1) is 3.57 Å². The third-order valence-corrected chi connectivity index (χ3v) is 5.42. The summed E-state index contributed by atoms with van der Waals surface area (Å²) in [7, 11) is -3.09. The van der Waals surface area contributed by atoms with Crippen molar-refractivity contribution in [2.45, 2.75) is 4.90 Å². The summed E-state index contributed by atoms with van der Waals surface area (Å²) in [5.74, 6) is 0.124. The average Bonchev–Trinajstić information content (AvgIpc) is 2.41. The molecule has 0 saturated carbocycles. The molecule has 0 atom stereocenters. The van der Waals surface area contributed by atoms with Crippen molar-refractivity contribution in [3.05, 3.63) is 21.8 Å². The second-order valence-electron chi connectivity index (χ2n) is 3.74. The predicted octanol–water partition coefficient (Wildman–Crippen LogP) is 1.34. The van der Waals surface area contributed by atoms with Gasteiger partial charge < -0.3 is 14.2 Å². The van der Waals surface area contributed by atoms with Gasteiger partial charge in [-0.1, -0.05) is 0 Å². The number of hydrogen-bond acceptors (Lipinski definition) is 7. The fourth-order valence-corrected chi connectivity index (χ4v) is 4.26. The van der Waals surface area contributed by atoms with E-state index in [9.17, 15) is 14.6 Å². The van der Waals surface area contributed by atoms with E-state index in [2.05, 4.69) is 0 Å². The van der Waals surface area contributed by atoms with E-state index >= 15 is 0 Å². The van der Waals surface area contributed by atoms with Gasteiger partial charge in [-0.05, 0) is 12.1 Å². The first-order chi connectivity index (χ1) is 9.86. The largest absolute Gasteiger partial charge is 0.491 e. The molecule has 1 rings (SSSR count). The molecular formula is C11H15IO8S. The molecule has 0 aliphatic heterocycles. The van der Waals surface area contributed by atoms with Crippen molar-refractivity contribution in [1.29, 1.82) is 0 Å². The number of halogens is 1. The van der Waals surface area contributed by atoms with Crippen molar-refractivity contribution in [1.82, 2.24) is 0 Å². The molecule has 0 spiro atoms. The molecule has 21 heavy (non-hydrogen) atoms. The van der Waals surface area contributed by atoms with E-state index in [-0.39, 0.29) is 19.0 Å². The van der Waals surface area contributed by atoms with Crippen LogP contribution in [0.2, 0.25) is 0 Å². The summed E-state index contributed by atoms with van der Waals surface area (Å²) in [4.78, 5) is -0.671. The Morgan fingerprint density at radius 3 is 2.38 bits per heavy atom. The second-order valence-corrected chi connectivity index (χ2v) is 7.53. The Bertz CT molecular complexity index is 630. The van der Waals surface area contributed by atoms with Crippen molar-refractivity contribution in [3.63, 3.8) is 0 Å². The van der Waals surface area contributed by atoms with Crippen LogP contribution in [-0.4, -0.2) is 46.5 Å². The van der Waals surface area contributed by atoms with Gasteiger partial charge in [-0.3, -0.25) is 4.55 Å². The molecule has 0 aliphatic rings. The zero-order valence-corrected chi connectivity index (χ0v) is 14.1. The Balaban J connectivity index is 2.73. The van der Waals surface area contributed by atoms with E-state index in [0.29, 0.717) is 13.2 Å². The zero-order valence-electron chi connectivity index (χ0n) is 11.2. The van der Waals surface area contributed by atoms with Gasteiger partial charge in [-0.15, -0.1) is 0 Å². The number of hydrogen-bond donors (Lipinski definition) is 1. The Morgan fingerprint density at radius 1 is 1.14 bits per heavy atom. The van der Waals surface area contributed by atoms with Crippen LogP contribution in [0.15, 0.2) is 23.1 Å². The highest BCUT2D eigenvalue weighted by Gasteiger charge is 2.19. The minimum Gasteiger partial charge on any atom is -0.491 e. The maximum atomic E-state index is 11.2. The summed E-state index contributed by atoms with van der Waals surface area (Å²) in [6.07, 6.45) is 0. The molecule has 8 nitrogen and oxygen atoms in total. The van der Waals surface area contributed by atoms with E-state index in [1.165, 1.54) is 6.07 Å². The average molecular weight is 434 g/mol. The first-order valence-electron chi connectivity index (χ1n) is 5.72. The molecule has 0 bridgehead atoms. The highest BCUT2D eigenvalue weighted by atomic mass is 127. The Morgan fingerprint density at radius 2 is 1.81 bits per heavy atom. The van der Waals surface area contributed by atoms with E-state index in [4.69, 9.17) is 18.8 Å². The summed E-state index contributed by atoms with van der Waals surface area (Å²) in [6, 6.07) is 3.38. The van der Waals surface area contributed by atoms with Gasteiger partial charge in [-0.25, -0.2) is 6.14 Å². The lowest BCUT2D eigenvalue weighted by Gasteiger charge is -2.08. The molecule has 0 radical (unpaired) electrons. The normalized spacial score (nSPS) is 11.8. The molecule has 0 amide bonds. The van der Waals surface area contributed by atoms with Gasteiger partial charge in [0.25, 0.3) is 10.1 Å². The standard InChI is InChI=1S/C11H15IO8S/c1-18-4-5-19-6-7-20-9-2-3-10(12(13)14)11(8-9)21(15,16)17/h2-3,8H,4-7H2,1H3,(H,15,16,17). The quantitative estimate of drug-likeness (QED) is 0.352. The molecule has 120 valence electrons. The van der Waals surface area contributed by atoms with Crippen molar-refractivity contribution < 1.29 is 33.3 Å². The first-order valence-corrected chi connectivity index (χ1v) is 10.0. The molecule has 0 aromatic heterocycles. The minimum atomic E-state index is -4.63. The van der Waals surface area contributed by atoms with Gasteiger partial charge in [0, 0.05) is 13.2 Å². The van der Waals surface area contributed by atoms with Crippen LogP contribution in [0.4, 0.5) is 0 Å². The van der Waals surface area contributed by atoms with Crippen LogP contribution in [0.3, 0.4) is 0 Å². The maximum absolute atomic E-state index is 11.2. The van der Waals surface area contributed by atoms with Gasteiger partial charge in [0.2, 0.25) is 0 Å². The monoisotopic (exact) mass is 434 g/mol. The topological polar surface area (TPSA) is 116 Å². The SMILES string of the molecule is COCCOCCOc1ccc(I(=O)=O)c(S(=O)(=O)O)c1. The predicted molar refractivity (Wildman–Crippen MR) is 78.5 cm³/mol. The van der Waals surface area contributed by atoms with Gasteiger partial charge >= 0.3 is 19.8 Å². The smallest absolute Gasteiger partial charge is 0.342 e. The zero-order chi connectivity index (χ0) is 15.9. The highest BCUT2D eigenvalue weighted by molar-refractivity contribution is 14.2. The van der Waals surface area contributed by atoms with Gasteiger partial charge in [0.15, 0.2) is 0 Å². The van der Waals surface area contributed by atoms with Crippen LogP contribution >= 0.6 is 19.8 Å². The van der Waals surface area contributed by atoms with Gasteiger partial charge in [0.05, 0.1) is 23.4 Å². The lowest BCUT2D eigenvalue weighted by atomic mass is 10.3. The third-order valence-electron chi connectivity index (χ3n) is 2.28. The van der Waals surface area contributed by atoms with E-state index < -0.39 is 38.4 Å². The second kappa shape index (κ2) is 8.58. The third kappa shape index (κ3) is 6.22. The molecule has 1 N–H and O–H groups in total. The molecule has 0 aliphatic carbocycles. The first kappa shape index (κ1) is 18.2. The van der Waals surface area contributed by atoms with Crippen LogP contribution in [0.5, 0.6) is 5.75 Å². The van der Waals surface area contributed by atoms with E-state index in [0.717, 1.165) is 12.1 Å². The molecule has 0 fully saturated rings. The Labute approximate surface area is 129 Å². The Kier molecular flexibility index (Phi) is 7.45. The van der Waals surface area contributed by atoms with Gasteiger partial charge in [-0.2, -0.15) is 8.42 Å². The van der Waals surface area contributed by atoms with Crippen molar-refractivity contribution in [2.24, 2.45) is 0 Å². The fourth-order valence-electron chi connectivity index (χ4n) is 1.36. The lowest BCUT2D eigenvalue weighted by molar-refractivity contribution is 0.0544. The van der Waals surface area contributed by atoms with Crippen LogP contribution in [0.25, 0.3) is 0 Å². The fraction of sp³-hybridized carbons (Fsp3) is 0.455. The molecule has 0 heterocycles. The van der Waals surface area contributed by atoms with Gasteiger partial charge in [0.1, 0.15) is 17.3 Å². The van der Waals surface area contributed by atoms with E-state index in [1.54, 1.807) is 7.11 Å². The summed E-state index contributed by atoms with van der Waals surface area (Å²) in [5, 5.41) is 0. The van der Waals surface area contributed by atoms with Crippen LogP contribution in [0.1, 0.15) is 0 Å².